The lowest BCUT2D eigenvalue weighted by atomic mass is 10.1. The van der Waals surface area contributed by atoms with Gasteiger partial charge in [0.15, 0.2) is 5.03 Å². The lowest BCUT2D eigenvalue weighted by Crippen LogP contribution is -2.39. The van der Waals surface area contributed by atoms with E-state index in [2.05, 4.69) is 5.10 Å². The highest BCUT2D eigenvalue weighted by Gasteiger charge is 2.43. The maximum Gasteiger partial charge on any atom is 0.408 e. The van der Waals surface area contributed by atoms with Crippen molar-refractivity contribution < 1.29 is 21.6 Å². The van der Waals surface area contributed by atoms with Crippen LogP contribution in [-0.4, -0.2) is 24.4 Å². The second-order valence-corrected chi connectivity index (χ2v) is 6.88. The van der Waals surface area contributed by atoms with Gasteiger partial charge in [0.2, 0.25) is 0 Å². The van der Waals surface area contributed by atoms with E-state index < -0.39 is 32.8 Å². The fraction of sp³-hybridized carbons (Fsp3) is 0.231. The molecule has 0 radical (unpaired) electrons. The van der Waals surface area contributed by atoms with Crippen LogP contribution in [0.1, 0.15) is 11.6 Å². The van der Waals surface area contributed by atoms with Crippen LogP contribution in [0.25, 0.3) is 0 Å². The van der Waals surface area contributed by atoms with Crippen LogP contribution >= 0.6 is 11.6 Å². The van der Waals surface area contributed by atoms with E-state index in [0.717, 1.165) is 24.3 Å². The van der Waals surface area contributed by atoms with Crippen LogP contribution in [0.15, 0.2) is 46.2 Å². The first-order chi connectivity index (χ1) is 11.0. The van der Waals surface area contributed by atoms with Gasteiger partial charge in [0.25, 0.3) is 15.6 Å². The smallest absolute Gasteiger partial charge is 0.268 e. The normalized spacial score (nSPS) is 13.7. The minimum atomic E-state index is -4.89. The van der Waals surface area contributed by atoms with Gasteiger partial charge in [0, 0.05) is 18.1 Å². The van der Waals surface area contributed by atoms with E-state index in [4.69, 9.17) is 11.6 Å². The number of aromatic nitrogens is 2. The first kappa shape index (κ1) is 18.4. The molecular weight excluding hydrogens is 371 g/mol. The number of halogens is 4. The number of hydrogen-bond acceptors (Lipinski definition) is 4. The van der Waals surface area contributed by atoms with Gasteiger partial charge in [-0.25, -0.2) is 13.1 Å². The predicted octanol–water partition coefficient (Wildman–Crippen LogP) is 2.02. The first-order valence-corrected chi connectivity index (χ1v) is 8.26. The van der Waals surface area contributed by atoms with Crippen LogP contribution < -0.4 is 10.3 Å². The first-order valence-electron chi connectivity index (χ1n) is 6.39. The van der Waals surface area contributed by atoms with E-state index >= 15 is 0 Å². The lowest BCUT2D eigenvalue weighted by Gasteiger charge is -2.21. The molecule has 11 heteroatoms. The number of aryl methyl sites for hydroxylation is 1. The number of benzene rings is 1. The van der Waals surface area contributed by atoms with Gasteiger partial charge in [-0.05, 0) is 23.8 Å². The molecule has 1 aromatic carbocycles. The molecule has 24 heavy (non-hydrogen) atoms. The summed E-state index contributed by atoms with van der Waals surface area (Å²) in [5.41, 5.74) is -0.931. The second-order valence-electron chi connectivity index (χ2n) is 4.78. The van der Waals surface area contributed by atoms with Crippen LogP contribution in [-0.2, 0) is 17.1 Å². The van der Waals surface area contributed by atoms with Gasteiger partial charge < -0.3 is 0 Å². The highest BCUT2D eigenvalue weighted by Crippen LogP contribution is 2.34. The molecule has 0 saturated carbocycles. The molecule has 0 aliphatic carbocycles. The molecule has 2 aromatic rings. The summed E-state index contributed by atoms with van der Waals surface area (Å²) in [5.74, 6) is 0. The largest absolute Gasteiger partial charge is 0.408 e. The topological polar surface area (TPSA) is 81.1 Å². The molecule has 1 unspecified atom stereocenters. The van der Waals surface area contributed by atoms with Crippen molar-refractivity contribution in [3.8, 4) is 0 Å². The Hall–Kier alpha value is -1.91. The molecule has 0 amide bonds. The van der Waals surface area contributed by atoms with E-state index in [1.54, 1.807) is 4.72 Å². The molecule has 1 N–H and O–H groups in total. The third-order valence-electron chi connectivity index (χ3n) is 3.01. The Balaban J connectivity index is 2.43. The molecule has 0 bridgehead atoms. The van der Waals surface area contributed by atoms with Crippen LogP contribution in [0.2, 0.25) is 5.02 Å². The van der Waals surface area contributed by atoms with Crippen molar-refractivity contribution in [1.29, 1.82) is 0 Å². The van der Waals surface area contributed by atoms with Gasteiger partial charge in [0.1, 0.15) is 6.04 Å². The molecule has 0 fully saturated rings. The Morgan fingerprint density at radius 1 is 1.17 bits per heavy atom. The zero-order valence-corrected chi connectivity index (χ0v) is 13.7. The average Bonchev–Trinajstić information content (AvgIpc) is 2.47. The van der Waals surface area contributed by atoms with Crippen molar-refractivity contribution in [2.24, 2.45) is 7.05 Å². The molecule has 130 valence electrons. The lowest BCUT2D eigenvalue weighted by molar-refractivity contribution is -0.153. The quantitative estimate of drug-likeness (QED) is 0.878. The van der Waals surface area contributed by atoms with Crippen molar-refractivity contribution in [3.05, 3.63) is 57.3 Å². The summed E-state index contributed by atoms with van der Waals surface area (Å²) in [6, 6.07) is 3.81. The van der Waals surface area contributed by atoms with Crippen molar-refractivity contribution >= 4 is 21.6 Å². The fourth-order valence-corrected chi connectivity index (χ4v) is 3.12. The Labute approximate surface area is 139 Å². The molecule has 0 aliphatic heterocycles. The molecule has 1 heterocycles. The van der Waals surface area contributed by atoms with Gasteiger partial charge in [-0.15, -0.1) is 0 Å². The van der Waals surface area contributed by atoms with E-state index in [1.807, 2.05) is 0 Å². The van der Waals surface area contributed by atoms with E-state index in [9.17, 15) is 26.4 Å². The maximum absolute atomic E-state index is 13.3. The van der Waals surface area contributed by atoms with Crippen molar-refractivity contribution in [2.75, 3.05) is 0 Å². The molecule has 0 spiro atoms. The van der Waals surface area contributed by atoms with E-state index in [1.165, 1.54) is 19.2 Å². The molecule has 2 rings (SSSR count). The Morgan fingerprint density at radius 2 is 1.75 bits per heavy atom. The predicted molar refractivity (Wildman–Crippen MR) is 80.0 cm³/mol. The highest BCUT2D eigenvalue weighted by molar-refractivity contribution is 7.89. The number of nitrogens with one attached hydrogen (secondary N) is 1. The Kier molecular flexibility index (Phi) is 5.02. The SMILES string of the molecule is Cn1nc(S(=O)(=O)NC(c2ccc(Cl)cc2)C(F)(F)F)ccc1=O. The van der Waals surface area contributed by atoms with Crippen molar-refractivity contribution in [2.45, 2.75) is 17.2 Å². The number of hydrogen-bond donors (Lipinski definition) is 1. The van der Waals surface area contributed by atoms with Crippen LogP contribution in [0, 0.1) is 0 Å². The standard InChI is InChI=1S/C13H11ClF3N3O3S/c1-20-11(21)7-6-10(18-20)24(22,23)19-12(13(15,16)17)8-2-4-9(14)5-3-8/h2-7,12,19H,1H3. The third kappa shape index (κ3) is 4.13. The molecule has 0 saturated heterocycles. The zero-order valence-electron chi connectivity index (χ0n) is 12.1. The number of alkyl halides is 3. The third-order valence-corrected chi connectivity index (χ3v) is 4.58. The monoisotopic (exact) mass is 381 g/mol. The highest BCUT2D eigenvalue weighted by atomic mass is 35.5. The summed E-state index contributed by atoms with van der Waals surface area (Å²) in [5, 5.41) is 2.96. The zero-order chi connectivity index (χ0) is 18.1. The summed E-state index contributed by atoms with van der Waals surface area (Å²) in [6.07, 6.45) is -4.89. The molecule has 1 aromatic heterocycles. The van der Waals surface area contributed by atoms with Gasteiger partial charge in [-0.1, -0.05) is 23.7 Å². The molecule has 0 aliphatic rings. The van der Waals surface area contributed by atoms with Gasteiger partial charge in [-0.2, -0.15) is 23.0 Å². The second kappa shape index (κ2) is 6.54. The summed E-state index contributed by atoms with van der Waals surface area (Å²) in [4.78, 5) is 11.2. The summed E-state index contributed by atoms with van der Waals surface area (Å²) < 4.78 is 66.4. The number of sulfonamides is 1. The van der Waals surface area contributed by atoms with E-state index in [-0.39, 0.29) is 10.6 Å². The molecule has 1 atom stereocenters. The minimum absolute atomic E-state index is 0.210. The number of rotatable bonds is 4. The fourth-order valence-electron chi connectivity index (χ4n) is 1.82. The summed E-state index contributed by atoms with van der Waals surface area (Å²) in [7, 11) is -3.43. The van der Waals surface area contributed by atoms with Gasteiger partial charge >= 0.3 is 6.18 Å². The van der Waals surface area contributed by atoms with Gasteiger partial charge in [-0.3, -0.25) is 4.79 Å². The van der Waals surface area contributed by atoms with Crippen molar-refractivity contribution in [1.82, 2.24) is 14.5 Å². The van der Waals surface area contributed by atoms with Crippen LogP contribution in [0.3, 0.4) is 0 Å². The van der Waals surface area contributed by atoms with Crippen LogP contribution in [0.4, 0.5) is 13.2 Å². The van der Waals surface area contributed by atoms with Crippen LogP contribution in [0.5, 0.6) is 0 Å². The molecule has 6 nitrogen and oxygen atoms in total. The number of nitrogens with zero attached hydrogens (tertiary/aromatic N) is 2. The Morgan fingerprint density at radius 3 is 2.25 bits per heavy atom. The maximum atomic E-state index is 13.3. The summed E-state index contributed by atoms with van der Waals surface area (Å²) in [6.45, 7) is 0. The van der Waals surface area contributed by atoms with E-state index in [0.29, 0.717) is 4.68 Å². The molecular formula is C13H11ClF3N3O3S. The average molecular weight is 382 g/mol. The van der Waals surface area contributed by atoms with Gasteiger partial charge in [0.05, 0.1) is 0 Å². The Bertz CT molecular complexity index is 895. The summed E-state index contributed by atoms with van der Waals surface area (Å²) >= 11 is 5.63. The van der Waals surface area contributed by atoms with Crippen molar-refractivity contribution in [3.63, 3.8) is 0 Å². The minimum Gasteiger partial charge on any atom is -0.268 e.